The molecular formula is C13H15ClFN3. The highest BCUT2D eigenvalue weighted by atomic mass is 35.5. The quantitative estimate of drug-likeness (QED) is 0.929. The predicted octanol–water partition coefficient (Wildman–Crippen LogP) is 2.78. The van der Waals surface area contributed by atoms with Gasteiger partial charge in [0.1, 0.15) is 5.82 Å². The summed E-state index contributed by atoms with van der Waals surface area (Å²) in [7, 11) is 0. The minimum absolute atomic E-state index is 0.292. The van der Waals surface area contributed by atoms with Crippen LogP contribution >= 0.6 is 11.6 Å². The van der Waals surface area contributed by atoms with Gasteiger partial charge in [0.25, 0.3) is 0 Å². The molecular weight excluding hydrogens is 253 g/mol. The Morgan fingerprint density at radius 2 is 2.06 bits per heavy atom. The maximum absolute atomic E-state index is 13.6. The zero-order chi connectivity index (χ0) is 13.3. The summed E-state index contributed by atoms with van der Waals surface area (Å²) in [6.07, 6.45) is 0.637. The Kier molecular flexibility index (Phi) is 3.68. The summed E-state index contributed by atoms with van der Waals surface area (Å²) in [5.74, 6) is -0.292. The van der Waals surface area contributed by atoms with Crippen molar-refractivity contribution in [3.8, 4) is 5.69 Å². The molecule has 5 heteroatoms. The van der Waals surface area contributed by atoms with Gasteiger partial charge in [-0.2, -0.15) is 5.10 Å². The zero-order valence-electron chi connectivity index (χ0n) is 10.4. The van der Waals surface area contributed by atoms with Crippen LogP contribution in [-0.2, 0) is 6.42 Å². The molecule has 0 aliphatic rings. The molecule has 1 aromatic carbocycles. The van der Waals surface area contributed by atoms with Crippen LogP contribution in [0.3, 0.4) is 0 Å². The predicted molar refractivity (Wildman–Crippen MR) is 70.8 cm³/mol. The lowest BCUT2D eigenvalue weighted by atomic mass is 10.1. The van der Waals surface area contributed by atoms with Crippen LogP contribution < -0.4 is 5.73 Å². The number of hydrogen-bond donors (Lipinski definition) is 1. The van der Waals surface area contributed by atoms with E-state index in [0.717, 1.165) is 17.0 Å². The van der Waals surface area contributed by atoms with E-state index in [1.54, 1.807) is 4.68 Å². The van der Waals surface area contributed by atoms with E-state index >= 15 is 0 Å². The van der Waals surface area contributed by atoms with E-state index in [0.29, 0.717) is 23.7 Å². The standard InChI is InChI=1S/C13H15ClFN3/c1-8-13(14)9(2)18(17-8)12-6-10(3-4-16)5-11(15)7-12/h5-7H,3-4,16H2,1-2H3. The number of rotatable bonds is 3. The summed E-state index contributed by atoms with van der Waals surface area (Å²) < 4.78 is 15.2. The Morgan fingerprint density at radius 1 is 1.33 bits per heavy atom. The molecule has 0 spiro atoms. The summed E-state index contributed by atoms with van der Waals surface area (Å²) in [6, 6.07) is 4.81. The van der Waals surface area contributed by atoms with Gasteiger partial charge in [-0.05, 0) is 50.6 Å². The molecule has 0 aliphatic heterocycles. The van der Waals surface area contributed by atoms with Crippen LogP contribution in [0.25, 0.3) is 5.69 Å². The second-order valence-electron chi connectivity index (χ2n) is 4.25. The minimum atomic E-state index is -0.292. The molecule has 0 saturated heterocycles. The van der Waals surface area contributed by atoms with E-state index in [1.807, 2.05) is 19.9 Å². The highest BCUT2D eigenvalue weighted by Gasteiger charge is 2.12. The molecule has 2 aromatic rings. The Hall–Kier alpha value is -1.39. The van der Waals surface area contributed by atoms with Gasteiger partial charge in [0.15, 0.2) is 0 Å². The van der Waals surface area contributed by atoms with Crippen LogP contribution in [0.2, 0.25) is 5.02 Å². The second-order valence-corrected chi connectivity index (χ2v) is 4.63. The van der Waals surface area contributed by atoms with Gasteiger partial charge in [0.05, 0.1) is 22.1 Å². The van der Waals surface area contributed by atoms with Gasteiger partial charge >= 0.3 is 0 Å². The molecule has 1 heterocycles. The molecule has 0 saturated carbocycles. The molecule has 2 N–H and O–H groups in total. The van der Waals surface area contributed by atoms with E-state index in [9.17, 15) is 4.39 Å². The normalized spacial score (nSPS) is 10.9. The van der Waals surface area contributed by atoms with Gasteiger partial charge in [-0.25, -0.2) is 9.07 Å². The minimum Gasteiger partial charge on any atom is -0.330 e. The molecule has 0 bridgehead atoms. The molecule has 96 valence electrons. The fourth-order valence-corrected chi connectivity index (χ4v) is 2.06. The molecule has 0 aliphatic carbocycles. The second kappa shape index (κ2) is 5.08. The van der Waals surface area contributed by atoms with Crippen LogP contribution in [-0.4, -0.2) is 16.3 Å². The highest BCUT2D eigenvalue weighted by Crippen LogP contribution is 2.23. The van der Waals surface area contributed by atoms with Gasteiger partial charge in [-0.3, -0.25) is 0 Å². The molecule has 2 rings (SSSR count). The van der Waals surface area contributed by atoms with Gasteiger partial charge < -0.3 is 5.73 Å². The molecule has 0 radical (unpaired) electrons. The maximum Gasteiger partial charge on any atom is 0.125 e. The van der Waals surface area contributed by atoms with E-state index in [1.165, 1.54) is 12.1 Å². The smallest absolute Gasteiger partial charge is 0.125 e. The molecule has 1 aromatic heterocycles. The van der Waals surface area contributed by atoms with Crippen molar-refractivity contribution < 1.29 is 4.39 Å². The van der Waals surface area contributed by atoms with Crippen molar-refractivity contribution in [3.63, 3.8) is 0 Å². The monoisotopic (exact) mass is 267 g/mol. The maximum atomic E-state index is 13.6. The summed E-state index contributed by atoms with van der Waals surface area (Å²) in [5.41, 5.74) is 8.56. The Morgan fingerprint density at radius 3 is 2.61 bits per heavy atom. The number of benzene rings is 1. The average Bonchev–Trinajstić information content (AvgIpc) is 2.57. The third kappa shape index (κ3) is 2.40. The fraction of sp³-hybridized carbons (Fsp3) is 0.308. The third-order valence-electron chi connectivity index (χ3n) is 2.82. The van der Waals surface area contributed by atoms with Crippen LogP contribution in [0.15, 0.2) is 18.2 Å². The average molecular weight is 268 g/mol. The first-order valence-corrected chi connectivity index (χ1v) is 6.12. The lowest BCUT2D eigenvalue weighted by Crippen LogP contribution is -2.05. The first kappa shape index (κ1) is 13.1. The fourth-order valence-electron chi connectivity index (χ4n) is 1.94. The van der Waals surface area contributed by atoms with Crippen molar-refractivity contribution in [2.75, 3.05) is 6.54 Å². The summed E-state index contributed by atoms with van der Waals surface area (Å²) in [4.78, 5) is 0. The Bertz CT molecular complexity index is 578. The van der Waals surface area contributed by atoms with E-state index in [-0.39, 0.29) is 5.82 Å². The largest absolute Gasteiger partial charge is 0.330 e. The lowest BCUT2D eigenvalue weighted by molar-refractivity contribution is 0.622. The van der Waals surface area contributed by atoms with Crippen LogP contribution in [0.5, 0.6) is 0 Å². The van der Waals surface area contributed by atoms with Crippen LogP contribution in [0, 0.1) is 19.7 Å². The molecule has 0 atom stereocenters. The summed E-state index contributed by atoms with van der Waals surface area (Å²) in [6.45, 7) is 4.17. The van der Waals surface area contributed by atoms with Crippen LogP contribution in [0.4, 0.5) is 4.39 Å². The molecule has 0 unspecified atom stereocenters. The van der Waals surface area contributed by atoms with E-state index in [2.05, 4.69) is 5.10 Å². The number of aromatic nitrogens is 2. The van der Waals surface area contributed by atoms with Crippen LogP contribution in [0.1, 0.15) is 17.0 Å². The topological polar surface area (TPSA) is 43.8 Å². The van der Waals surface area contributed by atoms with E-state index in [4.69, 9.17) is 17.3 Å². The first-order valence-electron chi connectivity index (χ1n) is 5.74. The number of hydrogen-bond acceptors (Lipinski definition) is 2. The molecule has 0 amide bonds. The number of aryl methyl sites for hydroxylation is 1. The van der Waals surface area contributed by atoms with Crippen molar-refractivity contribution in [1.29, 1.82) is 0 Å². The number of nitrogens with zero attached hydrogens (tertiary/aromatic N) is 2. The molecule has 18 heavy (non-hydrogen) atoms. The lowest BCUT2D eigenvalue weighted by Gasteiger charge is -2.07. The van der Waals surface area contributed by atoms with Crippen molar-refractivity contribution in [2.45, 2.75) is 20.3 Å². The Balaban J connectivity index is 2.52. The van der Waals surface area contributed by atoms with Gasteiger partial charge in [0, 0.05) is 0 Å². The van der Waals surface area contributed by atoms with Gasteiger partial charge in [0.2, 0.25) is 0 Å². The third-order valence-corrected chi connectivity index (χ3v) is 3.37. The van der Waals surface area contributed by atoms with Crippen molar-refractivity contribution >= 4 is 11.6 Å². The summed E-state index contributed by atoms with van der Waals surface area (Å²) in [5, 5.41) is 4.92. The van der Waals surface area contributed by atoms with Crippen molar-refractivity contribution in [2.24, 2.45) is 5.73 Å². The first-order chi connectivity index (χ1) is 8.52. The Labute approximate surface area is 110 Å². The number of nitrogens with two attached hydrogens (primary N) is 1. The van der Waals surface area contributed by atoms with Crippen molar-refractivity contribution in [3.05, 3.63) is 46.0 Å². The SMILES string of the molecule is Cc1nn(-c2cc(F)cc(CCN)c2)c(C)c1Cl. The van der Waals surface area contributed by atoms with E-state index < -0.39 is 0 Å². The molecule has 3 nitrogen and oxygen atoms in total. The molecule has 0 fully saturated rings. The van der Waals surface area contributed by atoms with Gasteiger partial charge in [-0.15, -0.1) is 0 Å². The zero-order valence-corrected chi connectivity index (χ0v) is 11.1. The highest BCUT2D eigenvalue weighted by molar-refractivity contribution is 6.31. The number of halogens is 2. The van der Waals surface area contributed by atoms with Crippen molar-refractivity contribution in [1.82, 2.24) is 9.78 Å². The van der Waals surface area contributed by atoms with Gasteiger partial charge in [-0.1, -0.05) is 11.6 Å². The summed E-state index contributed by atoms with van der Waals surface area (Å²) >= 11 is 6.09.